The van der Waals surface area contributed by atoms with E-state index in [9.17, 15) is 14.4 Å². The highest BCUT2D eigenvalue weighted by Crippen LogP contribution is 2.24. The molecule has 0 saturated heterocycles. The summed E-state index contributed by atoms with van der Waals surface area (Å²) in [5, 5.41) is 14.3. The highest BCUT2D eigenvalue weighted by Gasteiger charge is 2.24. The molecule has 0 aromatic heterocycles. The van der Waals surface area contributed by atoms with Gasteiger partial charge in [-0.05, 0) is 37.5 Å². The second-order valence-corrected chi connectivity index (χ2v) is 6.70. The van der Waals surface area contributed by atoms with Crippen molar-refractivity contribution in [3.8, 4) is 5.75 Å². The van der Waals surface area contributed by atoms with Crippen molar-refractivity contribution in [2.24, 2.45) is 5.92 Å². The third-order valence-electron chi connectivity index (χ3n) is 4.36. The minimum absolute atomic E-state index is 0.0473. The molecular formula is C19H26N2O5. The van der Waals surface area contributed by atoms with Crippen LogP contribution in [-0.2, 0) is 20.9 Å². The highest BCUT2D eigenvalue weighted by atomic mass is 16.5. The summed E-state index contributed by atoms with van der Waals surface area (Å²) in [7, 11) is 0. The van der Waals surface area contributed by atoms with Crippen LogP contribution in [0, 0.1) is 5.92 Å². The van der Waals surface area contributed by atoms with Crippen LogP contribution in [0.4, 0.5) is 0 Å². The van der Waals surface area contributed by atoms with E-state index in [1.165, 1.54) is 0 Å². The largest absolute Gasteiger partial charge is 0.482 e. The van der Waals surface area contributed by atoms with E-state index >= 15 is 0 Å². The van der Waals surface area contributed by atoms with Crippen LogP contribution >= 0.6 is 0 Å². The predicted molar refractivity (Wildman–Crippen MR) is 95.6 cm³/mol. The Morgan fingerprint density at radius 3 is 2.69 bits per heavy atom. The molecule has 0 heterocycles. The van der Waals surface area contributed by atoms with Crippen LogP contribution < -0.4 is 15.4 Å². The SMILES string of the molecule is CC(CC(=O)NCc1cccc(OCC(=O)O)c1)NC(=O)C1CCCC1. The van der Waals surface area contributed by atoms with Gasteiger partial charge in [0.2, 0.25) is 11.8 Å². The Hall–Kier alpha value is -2.57. The van der Waals surface area contributed by atoms with Gasteiger partial charge in [-0.1, -0.05) is 25.0 Å². The Bertz CT molecular complexity index is 641. The van der Waals surface area contributed by atoms with E-state index in [1.54, 1.807) is 18.2 Å². The van der Waals surface area contributed by atoms with E-state index in [2.05, 4.69) is 10.6 Å². The van der Waals surface area contributed by atoms with Gasteiger partial charge in [-0.15, -0.1) is 0 Å². The van der Waals surface area contributed by atoms with Crippen LogP contribution in [0.25, 0.3) is 0 Å². The Balaban J connectivity index is 1.73. The van der Waals surface area contributed by atoms with Crippen molar-refractivity contribution in [3.63, 3.8) is 0 Å². The van der Waals surface area contributed by atoms with Gasteiger partial charge in [-0.2, -0.15) is 0 Å². The molecule has 1 aromatic carbocycles. The summed E-state index contributed by atoms with van der Waals surface area (Å²) < 4.78 is 5.11. The van der Waals surface area contributed by atoms with E-state index in [0.717, 1.165) is 31.2 Å². The molecule has 0 aliphatic heterocycles. The van der Waals surface area contributed by atoms with Gasteiger partial charge >= 0.3 is 5.97 Å². The van der Waals surface area contributed by atoms with E-state index in [-0.39, 0.29) is 30.2 Å². The summed E-state index contributed by atoms with van der Waals surface area (Å²) in [4.78, 5) is 34.6. The number of nitrogens with one attached hydrogen (secondary N) is 2. The third kappa shape index (κ3) is 6.74. The molecule has 7 heteroatoms. The lowest BCUT2D eigenvalue weighted by atomic mass is 10.1. The van der Waals surface area contributed by atoms with Gasteiger partial charge in [0.1, 0.15) is 5.75 Å². The van der Waals surface area contributed by atoms with Gasteiger partial charge < -0.3 is 20.5 Å². The van der Waals surface area contributed by atoms with Gasteiger partial charge in [0.15, 0.2) is 6.61 Å². The van der Waals surface area contributed by atoms with Gasteiger partial charge in [0, 0.05) is 24.9 Å². The zero-order valence-corrected chi connectivity index (χ0v) is 15.0. The van der Waals surface area contributed by atoms with Crippen LogP contribution in [0.3, 0.4) is 0 Å². The first kappa shape index (κ1) is 19.8. The molecule has 2 amide bonds. The fourth-order valence-electron chi connectivity index (χ4n) is 3.04. The first-order chi connectivity index (χ1) is 12.4. The first-order valence-corrected chi connectivity index (χ1v) is 8.94. The quantitative estimate of drug-likeness (QED) is 0.622. The molecule has 1 saturated carbocycles. The Morgan fingerprint density at radius 1 is 1.27 bits per heavy atom. The van der Waals surface area contributed by atoms with Crippen LogP contribution in [0.1, 0.15) is 44.6 Å². The lowest BCUT2D eigenvalue weighted by Crippen LogP contribution is -2.39. The smallest absolute Gasteiger partial charge is 0.341 e. The molecule has 0 spiro atoms. The monoisotopic (exact) mass is 362 g/mol. The second-order valence-electron chi connectivity index (χ2n) is 6.70. The van der Waals surface area contributed by atoms with Crippen LogP contribution in [-0.4, -0.2) is 35.5 Å². The maximum Gasteiger partial charge on any atom is 0.341 e. The summed E-state index contributed by atoms with van der Waals surface area (Å²) in [5.41, 5.74) is 0.809. The number of carbonyl (C=O) groups excluding carboxylic acids is 2. The third-order valence-corrected chi connectivity index (χ3v) is 4.36. The predicted octanol–water partition coefficient (Wildman–Crippen LogP) is 1.85. The normalized spacial score (nSPS) is 15.3. The van der Waals surface area contributed by atoms with Crippen molar-refractivity contribution in [2.75, 3.05) is 6.61 Å². The number of amides is 2. The van der Waals surface area contributed by atoms with Crippen molar-refractivity contribution >= 4 is 17.8 Å². The van der Waals surface area contributed by atoms with Crippen LogP contribution in [0.15, 0.2) is 24.3 Å². The molecule has 26 heavy (non-hydrogen) atoms. The van der Waals surface area contributed by atoms with Crippen molar-refractivity contribution in [3.05, 3.63) is 29.8 Å². The lowest BCUT2D eigenvalue weighted by Gasteiger charge is -2.17. The molecule has 2 rings (SSSR count). The Kier molecular flexibility index (Phi) is 7.44. The molecule has 0 radical (unpaired) electrons. The maximum absolute atomic E-state index is 12.1. The summed E-state index contributed by atoms with van der Waals surface area (Å²) >= 11 is 0. The standard InChI is InChI=1S/C19H26N2O5/c1-13(21-19(25)15-6-2-3-7-15)9-17(22)20-11-14-5-4-8-16(10-14)26-12-18(23)24/h4-5,8,10,13,15H,2-3,6-7,9,11-12H2,1H3,(H,20,22)(H,21,25)(H,23,24). The summed E-state index contributed by atoms with van der Waals surface area (Å²) in [6.07, 6.45) is 4.29. The number of hydrogen-bond donors (Lipinski definition) is 3. The zero-order valence-electron chi connectivity index (χ0n) is 15.0. The number of hydrogen-bond acceptors (Lipinski definition) is 4. The average molecular weight is 362 g/mol. The molecule has 0 bridgehead atoms. The maximum atomic E-state index is 12.1. The summed E-state index contributed by atoms with van der Waals surface area (Å²) in [6, 6.07) is 6.69. The molecule has 1 fully saturated rings. The number of carboxylic acids is 1. The van der Waals surface area contributed by atoms with Crippen LogP contribution in [0.5, 0.6) is 5.75 Å². The van der Waals surface area contributed by atoms with Crippen molar-refractivity contribution < 1.29 is 24.2 Å². The van der Waals surface area contributed by atoms with Crippen molar-refractivity contribution in [1.82, 2.24) is 10.6 Å². The van der Waals surface area contributed by atoms with Crippen LogP contribution in [0.2, 0.25) is 0 Å². The number of ether oxygens (including phenoxy) is 1. The van der Waals surface area contributed by atoms with E-state index in [0.29, 0.717) is 12.3 Å². The molecule has 1 aromatic rings. The summed E-state index contributed by atoms with van der Waals surface area (Å²) in [5.74, 6) is -0.616. The highest BCUT2D eigenvalue weighted by molar-refractivity contribution is 5.81. The van der Waals surface area contributed by atoms with Crippen molar-refractivity contribution in [1.29, 1.82) is 0 Å². The Morgan fingerprint density at radius 2 is 2.00 bits per heavy atom. The topological polar surface area (TPSA) is 105 Å². The average Bonchev–Trinajstić information content (AvgIpc) is 3.13. The zero-order chi connectivity index (χ0) is 18.9. The molecule has 1 atom stereocenters. The van der Waals surface area contributed by atoms with Gasteiger partial charge in [-0.3, -0.25) is 9.59 Å². The second kappa shape index (κ2) is 9.79. The number of rotatable bonds is 9. The molecule has 1 aliphatic carbocycles. The molecule has 3 N–H and O–H groups in total. The minimum atomic E-state index is -1.04. The molecule has 1 aliphatic rings. The first-order valence-electron chi connectivity index (χ1n) is 8.94. The Labute approximate surface area is 153 Å². The van der Waals surface area contributed by atoms with E-state index < -0.39 is 12.6 Å². The van der Waals surface area contributed by atoms with Crippen molar-refractivity contribution in [2.45, 2.75) is 51.6 Å². The number of benzene rings is 1. The van der Waals surface area contributed by atoms with Gasteiger partial charge in [0.05, 0.1) is 0 Å². The summed E-state index contributed by atoms with van der Waals surface area (Å²) in [6.45, 7) is 1.73. The number of aliphatic carboxylic acids is 1. The molecule has 1 unspecified atom stereocenters. The number of carboxylic acid groups (broad SMARTS) is 1. The fraction of sp³-hybridized carbons (Fsp3) is 0.526. The molecular weight excluding hydrogens is 336 g/mol. The minimum Gasteiger partial charge on any atom is -0.482 e. The van der Waals surface area contributed by atoms with E-state index in [4.69, 9.17) is 9.84 Å². The molecule has 142 valence electrons. The lowest BCUT2D eigenvalue weighted by molar-refractivity contribution is -0.139. The fourth-order valence-corrected chi connectivity index (χ4v) is 3.04. The van der Waals surface area contributed by atoms with Gasteiger partial charge in [-0.25, -0.2) is 4.79 Å². The van der Waals surface area contributed by atoms with Gasteiger partial charge in [0.25, 0.3) is 0 Å². The molecule has 7 nitrogen and oxygen atoms in total. The number of carbonyl (C=O) groups is 3. The van der Waals surface area contributed by atoms with E-state index in [1.807, 2.05) is 13.0 Å².